The minimum Gasteiger partial charge on any atom is -0.302 e. The quantitative estimate of drug-likeness (QED) is 0.524. The zero-order valence-corrected chi connectivity index (χ0v) is 14.3. The van der Waals surface area contributed by atoms with E-state index in [-0.39, 0.29) is 18.0 Å². The summed E-state index contributed by atoms with van der Waals surface area (Å²) in [4.78, 5) is 26.7. The topological polar surface area (TPSA) is 85.1 Å². The Balaban J connectivity index is 1.79. The summed E-state index contributed by atoms with van der Waals surface area (Å²) in [5.74, 6) is -0.321. The number of nitrogens with one attached hydrogen (secondary N) is 1. The zero-order chi connectivity index (χ0) is 17.3. The highest BCUT2D eigenvalue weighted by Crippen LogP contribution is 2.30. The van der Waals surface area contributed by atoms with E-state index in [0.717, 1.165) is 11.3 Å². The molecule has 0 aliphatic carbocycles. The van der Waals surface area contributed by atoms with Gasteiger partial charge in [0.15, 0.2) is 5.13 Å². The van der Waals surface area contributed by atoms with Gasteiger partial charge in [-0.1, -0.05) is 40.6 Å². The van der Waals surface area contributed by atoms with Crippen LogP contribution in [0.1, 0.15) is 5.56 Å². The van der Waals surface area contributed by atoms with Crippen molar-refractivity contribution >= 4 is 61.5 Å². The van der Waals surface area contributed by atoms with Gasteiger partial charge >= 0.3 is 0 Å². The molecule has 3 aromatic rings. The average Bonchev–Trinajstić information content (AvgIpc) is 2.92. The highest BCUT2D eigenvalue weighted by Gasteiger charge is 2.14. The molecule has 0 radical (unpaired) electrons. The first-order valence-electron chi connectivity index (χ1n) is 6.72. The molecular formula is C15H9Cl2N3O3S. The third-order valence-corrected chi connectivity index (χ3v) is 4.87. The first-order chi connectivity index (χ1) is 11.4. The normalized spacial score (nSPS) is 10.8. The SMILES string of the molecule is O=C(Cc1c(Cl)cccc1Cl)Nc1nc2ccc([N+](=O)[O-])cc2s1. The molecule has 0 aliphatic heterocycles. The molecule has 0 bridgehead atoms. The minimum atomic E-state index is -0.475. The Labute approximate surface area is 150 Å². The van der Waals surface area contributed by atoms with Crippen molar-refractivity contribution < 1.29 is 9.72 Å². The van der Waals surface area contributed by atoms with Crippen LogP contribution >= 0.6 is 34.5 Å². The van der Waals surface area contributed by atoms with Crippen molar-refractivity contribution in [1.82, 2.24) is 4.98 Å². The van der Waals surface area contributed by atoms with Crippen molar-refractivity contribution in [2.24, 2.45) is 0 Å². The van der Waals surface area contributed by atoms with Gasteiger partial charge in [0.25, 0.3) is 5.69 Å². The molecular weight excluding hydrogens is 373 g/mol. The van der Waals surface area contributed by atoms with Gasteiger partial charge in [-0.3, -0.25) is 14.9 Å². The first kappa shape index (κ1) is 16.6. The molecule has 1 N–H and O–H groups in total. The van der Waals surface area contributed by atoms with Gasteiger partial charge in [-0.2, -0.15) is 0 Å². The predicted molar refractivity (Wildman–Crippen MR) is 95.1 cm³/mol. The van der Waals surface area contributed by atoms with E-state index in [9.17, 15) is 14.9 Å². The molecule has 0 spiro atoms. The largest absolute Gasteiger partial charge is 0.302 e. The summed E-state index contributed by atoms with van der Waals surface area (Å²) in [7, 11) is 0. The van der Waals surface area contributed by atoms with Crippen LogP contribution in [0.3, 0.4) is 0 Å². The second-order valence-electron chi connectivity index (χ2n) is 4.85. The second kappa shape index (κ2) is 6.72. The van der Waals surface area contributed by atoms with Gasteiger partial charge in [0.2, 0.25) is 5.91 Å². The van der Waals surface area contributed by atoms with Crippen LogP contribution in [-0.2, 0) is 11.2 Å². The maximum absolute atomic E-state index is 12.2. The third-order valence-electron chi connectivity index (χ3n) is 3.23. The predicted octanol–water partition coefficient (Wildman–Crippen LogP) is 4.69. The van der Waals surface area contributed by atoms with Gasteiger partial charge in [0.1, 0.15) is 0 Å². The molecule has 122 valence electrons. The van der Waals surface area contributed by atoms with E-state index in [2.05, 4.69) is 10.3 Å². The fourth-order valence-electron chi connectivity index (χ4n) is 2.11. The number of carbonyl (C=O) groups excluding carboxylic acids is 1. The van der Waals surface area contributed by atoms with Gasteiger partial charge in [0, 0.05) is 22.2 Å². The highest BCUT2D eigenvalue weighted by molar-refractivity contribution is 7.22. The van der Waals surface area contributed by atoms with E-state index in [1.165, 1.54) is 12.1 Å². The van der Waals surface area contributed by atoms with E-state index in [1.807, 2.05) is 0 Å². The number of rotatable bonds is 4. The number of thiazole rings is 1. The number of benzene rings is 2. The number of aromatic nitrogens is 1. The number of carbonyl (C=O) groups is 1. The second-order valence-corrected chi connectivity index (χ2v) is 6.70. The van der Waals surface area contributed by atoms with E-state index < -0.39 is 4.92 Å². The molecule has 0 aliphatic rings. The van der Waals surface area contributed by atoms with Crippen LogP contribution in [0.5, 0.6) is 0 Å². The van der Waals surface area contributed by atoms with Crippen LogP contribution in [0.4, 0.5) is 10.8 Å². The monoisotopic (exact) mass is 381 g/mol. The molecule has 0 saturated heterocycles. The molecule has 0 fully saturated rings. The molecule has 0 atom stereocenters. The molecule has 6 nitrogen and oxygen atoms in total. The number of nitrogens with zero attached hydrogens (tertiary/aromatic N) is 2. The van der Waals surface area contributed by atoms with Gasteiger partial charge in [-0.05, 0) is 23.8 Å². The number of fused-ring (bicyclic) bond motifs is 1. The summed E-state index contributed by atoms with van der Waals surface area (Å²) in [6, 6.07) is 9.36. The molecule has 24 heavy (non-hydrogen) atoms. The summed E-state index contributed by atoms with van der Waals surface area (Å²) in [6.07, 6.45) is 0.00851. The van der Waals surface area contributed by atoms with Crippen molar-refractivity contribution in [2.75, 3.05) is 5.32 Å². The Morgan fingerprint density at radius 3 is 2.62 bits per heavy atom. The third kappa shape index (κ3) is 3.48. The number of amides is 1. The van der Waals surface area contributed by atoms with Crippen LogP contribution in [0.25, 0.3) is 10.2 Å². The number of hydrogen-bond donors (Lipinski definition) is 1. The van der Waals surface area contributed by atoms with Gasteiger partial charge < -0.3 is 5.32 Å². The summed E-state index contributed by atoms with van der Waals surface area (Å²) in [6.45, 7) is 0. The number of non-ortho nitro benzene ring substituents is 1. The molecule has 1 amide bonds. The molecule has 0 unspecified atom stereocenters. The fourth-order valence-corrected chi connectivity index (χ4v) is 3.55. The average molecular weight is 382 g/mol. The molecule has 0 saturated carbocycles. The lowest BCUT2D eigenvalue weighted by molar-refractivity contribution is -0.384. The lowest BCUT2D eigenvalue weighted by Crippen LogP contribution is -2.14. The zero-order valence-electron chi connectivity index (χ0n) is 12.0. The lowest BCUT2D eigenvalue weighted by atomic mass is 10.1. The molecule has 1 heterocycles. The van der Waals surface area contributed by atoms with Crippen LogP contribution in [0.2, 0.25) is 10.0 Å². The fraction of sp³-hybridized carbons (Fsp3) is 0.0667. The molecule has 3 rings (SSSR count). The Bertz CT molecular complexity index is 938. The summed E-state index contributed by atoms with van der Waals surface area (Å²) in [5.41, 5.74) is 1.10. The standard InChI is InChI=1S/C15H9Cl2N3O3S/c16-10-2-1-3-11(17)9(10)7-14(21)19-15-18-12-5-4-8(20(22)23)6-13(12)24-15/h1-6H,7H2,(H,18,19,21). The summed E-state index contributed by atoms with van der Waals surface area (Å²) < 4.78 is 0.621. The van der Waals surface area contributed by atoms with Crippen molar-refractivity contribution in [3.63, 3.8) is 0 Å². The van der Waals surface area contributed by atoms with Crippen LogP contribution in [-0.4, -0.2) is 15.8 Å². The van der Waals surface area contributed by atoms with Gasteiger partial charge in [-0.25, -0.2) is 4.98 Å². The van der Waals surface area contributed by atoms with Crippen LogP contribution < -0.4 is 5.32 Å². The van der Waals surface area contributed by atoms with Gasteiger partial charge in [0.05, 0.1) is 21.6 Å². The van der Waals surface area contributed by atoms with E-state index in [4.69, 9.17) is 23.2 Å². The minimum absolute atomic E-state index is 0.00851. The van der Waals surface area contributed by atoms with Crippen molar-refractivity contribution in [3.8, 4) is 0 Å². The number of hydrogen-bond acceptors (Lipinski definition) is 5. The Kier molecular flexibility index (Phi) is 4.66. The van der Waals surface area contributed by atoms with Crippen LogP contribution in [0.15, 0.2) is 36.4 Å². The van der Waals surface area contributed by atoms with Gasteiger partial charge in [-0.15, -0.1) is 0 Å². The van der Waals surface area contributed by atoms with Crippen molar-refractivity contribution in [3.05, 3.63) is 62.1 Å². The van der Waals surface area contributed by atoms with E-state index in [1.54, 1.807) is 24.3 Å². The molecule has 9 heteroatoms. The number of nitro groups is 1. The first-order valence-corrected chi connectivity index (χ1v) is 8.29. The number of nitro benzene ring substituents is 1. The Morgan fingerprint density at radius 2 is 1.96 bits per heavy atom. The highest BCUT2D eigenvalue weighted by atomic mass is 35.5. The molecule has 2 aromatic carbocycles. The summed E-state index contributed by atoms with van der Waals surface area (Å²) in [5, 5.41) is 14.6. The van der Waals surface area contributed by atoms with E-state index >= 15 is 0 Å². The maximum Gasteiger partial charge on any atom is 0.270 e. The van der Waals surface area contributed by atoms with Crippen molar-refractivity contribution in [1.29, 1.82) is 0 Å². The lowest BCUT2D eigenvalue weighted by Gasteiger charge is -2.06. The molecule has 1 aromatic heterocycles. The number of anilines is 1. The van der Waals surface area contributed by atoms with Crippen LogP contribution in [0, 0.1) is 10.1 Å². The Hall–Kier alpha value is -2.22. The Morgan fingerprint density at radius 1 is 1.25 bits per heavy atom. The smallest absolute Gasteiger partial charge is 0.270 e. The summed E-state index contributed by atoms with van der Waals surface area (Å²) >= 11 is 13.3. The maximum atomic E-state index is 12.2. The van der Waals surface area contributed by atoms with Crippen molar-refractivity contribution in [2.45, 2.75) is 6.42 Å². The number of halogens is 2. The van der Waals surface area contributed by atoms with E-state index in [0.29, 0.717) is 31.0 Å².